The first kappa shape index (κ1) is 17.1. The molecule has 2 aromatic rings. The molecule has 1 saturated carbocycles. The highest BCUT2D eigenvalue weighted by Gasteiger charge is 2.48. The molecule has 1 aromatic heterocycles. The smallest absolute Gasteiger partial charge is 0.316 e. The van der Waals surface area contributed by atoms with E-state index >= 15 is 0 Å². The van der Waals surface area contributed by atoms with E-state index in [9.17, 15) is 23.2 Å². The summed E-state index contributed by atoms with van der Waals surface area (Å²) < 4.78 is 39.5. The van der Waals surface area contributed by atoms with Crippen molar-refractivity contribution >= 4 is 22.2 Å². The third-order valence-electron chi connectivity index (χ3n) is 5.06. The Hall–Kier alpha value is -2.33. The maximum atomic E-state index is 13.2. The number of aryl methyl sites for hydroxylation is 1. The van der Waals surface area contributed by atoms with Crippen molar-refractivity contribution in [3.63, 3.8) is 0 Å². The topological polar surface area (TPSA) is 52.9 Å². The number of carbonyl (C=O) groups excluding carboxylic acids is 1. The lowest BCUT2D eigenvalue weighted by Gasteiger charge is -2.12. The Balaban J connectivity index is 1.52. The SMILES string of the molecule is N#Cc1c(NC(=O)C2CC2c2ccccc2C(F)(F)F)sc2c1CCC2. The lowest BCUT2D eigenvalue weighted by atomic mass is 10.0. The number of nitriles is 1. The van der Waals surface area contributed by atoms with Gasteiger partial charge < -0.3 is 5.32 Å². The second-order valence-electron chi connectivity index (χ2n) is 6.70. The van der Waals surface area contributed by atoms with Crippen molar-refractivity contribution in [2.45, 2.75) is 37.8 Å². The van der Waals surface area contributed by atoms with Crippen LogP contribution in [0.3, 0.4) is 0 Å². The van der Waals surface area contributed by atoms with E-state index in [0.29, 0.717) is 17.0 Å². The molecule has 2 atom stereocenters. The van der Waals surface area contributed by atoms with Gasteiger partial charge >= 0.3 is 6.18 Å². The van der Waals surface area contributed by atoms with Crippen LogP contribution in [0.2, 0.25) is 0 Å². The predicted molar refractivity (Wildman–Crippen MR) is 92.0 cm³/mol. The highest BCUT2D eigenvalue weighted by molar-refractivity contribution is 7.16. The fourth-order valence-electron chi connectivity index (χ4n) is 3.72. The minimum absolute atomic E-state index is 0.175. The first-order valence-electron chi connectivity index (χ1n) is 8.41. The number of hydrogen-bond acceptors (Lipinski definition) is 3. The zero-order valence-electron chi connectivity index (χ0n) is 13.7. The monoisotopic (exact) mass is 376 g/mol. The van der Waals surface area contributed by atoms with Gasteiger partial charge in [0.1, 0.15) is 11.1 Å². The molecule has 1 amide bonds. The highest BCUT2D eigenvalue weighted by atomic mass is 32.1. The average molecular weight is 376 g/mol. The van der Waals surface area contributed by atoms with Gasteiger partial charge in [-0.2, -0.15) is 18.4 Å². The second-order valence-corrected chi connectivity index (χ2v) is 7.80. The van der Waals surface area contributed by atoms with Crippen LogP contribution >= 0.6 is 11.3 Å². The first-order valence-corrected chi connectivity index (χ1v) is 9.23. The number of rotatable bonds is 3. The van der Waals surface area contributed by atoms with Crippen molar-refractivity contribution in [1.29, 1.82) is 5.26 Å². The van der Waals surface area contributed by atoms with Gasteiger partial charge in [0, 0.05) is 10.8 Å². The lowest BCUT2D eigenvalue weighted by molar-refractivity contribution is -0.138. The fraction of sp³-hybridized carbons (Fsp3) is 0.368. The van der Waals surface area contributed by atoms with Gasteiger partial charge in [-0.05, 0) is 48.8 Å². The Kier molecular flexibility index (Phi) is 4.03. The Bertz CT molecular complexity index is 926. The fourth-order valence-corrected chi connectivity index (χ4v) is 4.96. The molecule has 1 aromatic carbocycles. The molecular formula is C19H15F3N2OS. The van der Waals surface area contributed by atoms with Crippen LogP contribution in [0.4, 0.5) is 18.2 Å². The number of amides is 1. The number of halogens is 3. The standard InChI is InChI=1S/C19H15F3N2OS/c20-19(21,22)15-6-2-1-4-10(15)12-8-13(12)17(25)24-18-14(9-23)11-5-3-7-16(11)26-18/h1-2,4,6,12-13H,3,5,7-8H2,(H,24,25). The van der Waals surface area contributed by atoms with Crippen LogP contribution in [0.25, 0.3) is 0 Å². The number of nitrogens with zero attached hydrogens (tertiary/aromatic N) is 1. The number of hydrogen-bond donors (Lipinski definition) is 1. The summed E-state index contributed by atoms with van der Waals surface area (Å²) in [7, 11) is 0. The van der Waals surface area contributed by atoms with Crippen LogP contribution in [0.1, 0.15) is 45.9 Å². The summed E-state index contributed by atoms with van der Waals surface area (Å²) in [5.41, 5.74) is 1.04. The molecule has 0 bridgehead atoms. The third kappa shape index (κ3) is 2.88. The van der Waals surface area contributed by atoms with E-state index in [1.807, 2.05) is 0 Å². The summed E-state index contributed by atoms with van der Waals surface area (Å²) in [6.07, 6.45) is -1.26. The highest BCUT2D eigenvalue weighted by Crippen LogP contribution is 2.51. The molecule has 1 heterocycles. The maximum Gasteiger partial charge on any atom is 0.416 e. The van der Waals surface area contributed by atoms with Crippen molar-refractivity contribution in [1.82, 2.24) is 0 Å². The summed E-state index contributed by atoms with van der Waals surface area (Å²) in [5, 5.41) is 12.7. The Morgan fingerprint density at radius 3 is 2.77 bits per heavy atom. The van der Waals surface area contributed by atoms with E-state index < -0.39 is 23.6 Å². The molecule has 134 valence electrons. The molecule has 7 heteroatoms. The van der Waals surface area contributed by atoms with Crippen LogP contribution in [0.5, 0.6) is 0 Å². The van der Waals surface area contributed by atoms with Crippen molar-refractivity contribution in [2.24, 2.45) is 5.92 Å². The molecule has 1 fully saturated rings. The van der Waals surface area contributed by atoms with Crippen LogP contribution in [-0.4, -0.2) is 5.91 Å². The van der Waals surface area contributed by atoms with Crippen molar-refractivity contribution in [3.05, 3.63) is 51.4 Å². The number of fused-ring (bicyclic) bond motifs is 1. The van der Waals surface area contributed by atoms with Gasteiger partial charge in [0.2, 0.25) is 5.91 Å². The van der Waals surface area contributed by atoms with E-state index in [4.69, 9.17) is 0 Å². The number of benzene rings is 1. The summed E-state index contributed by atoms with van der Waals surface area (Å²) >= 11 is 1.42. The number of anilines is 1. The molecule has 2 aliphatic rings. The number of alkyl halides is 3. The molecule has 0 radical (unpaired) electrons. The number of thiophene rings is 1. The first-order chi connectivity index (χ1) is 12.4. The van der Waals surface area contributed by atoms with Crippen LogP contribution in [0, 0.1) is 17.2 Å². The molecule has 0 spiro atoms. The molecule has 0 aliphatic heterocycles. The molecule has 0 saturated heterocycles. The van der Waals surface area contributed by atoms with E-state index in [1.165, 1.54) is 23.5 Å². The van der Waals surface area contributed by atoms with Gasteiger partial charge in [-0.3, -0.25) is 4.79 Å². The summed E-state index contributed by atoms with van der Waals surface area (Å²) in [5.74, 6) is -1.21. The lowest BCUT2D eigenvalue weighted by Crippen LogP contribution is -2.15. The zero-order chi connectivity index (χ0) is 18.5. The molecule has 2 aliphatic carbocycles. The van der Waals surface area contributed by atoms with E-state index in [-0.39, 0.29) is 11.5 Å². The largest absolute Gasteiger partial charge is 0.416 e. The average Bonchev–Trinajstić information content (AvgIpc) is 3.16. The van der Waals surface area contributed by atoms with E-state index in [0.717, 1.165) is 35.8 Å². The quantitative estimate of drug-likeness (QED) is 0.831. The minimum Gasteiger partial charge on any atom is -0.316 e. The number of carbonyl (C=O) groups is 1. The van der Waals surface area contributed by atoms with Crippen LogP contribution in [-0.2, 0) is 23.8 Å². The van der Waals surface area contributed by atoms with Crippen molar-refractivity contribution in [2.75, 3.05) is 5.32 Å². The van der Waals surface area contributed by atoms with Gasteiger partial charge in [0.15, 0.2) is 0 Å². The van der Waals surface area contributed by atoms with Crippen molar-refractivity contribution in [3.8, 4) is 6.07 Å². The van der Waals surface area contributed by atoms with Crippen LogP contribution < -0.4 is 5.32 Å². The Morgan fingerprint density at radius 2 is 2.04 bits per heavy atom. The summed E-state index contributed by atoms with van der Waals surface area (Å²) in [4.78, 5) is 13.7. The molecule has 1 N–H and O–H groups in total. The van der Waals surface area contributed by atoms with Gasteiger partial charge in [-0.1, -0.05) is 18.2 Å². The van der Waals surface area contributed by atoms with Gasteiger partial charge in [-0.25, -0.2) is 0 Å². The predicted octanol–water partition coefficient (Wildman–Crippen LogP) is 4.87. The van der Waals surface area contributed by atoms with Gasteiger partial charge in [-0.15, -0.1) is 11.3 Å². The normalized spacial score (nSPS) is 21.2. The molecule has 4 rings (SSSR count). The van der Waals surface area contributed by atoms with Crippen molar-refractivity contribution < 1.29 is 18.0 Å². The van der Waals surface area contributed by atoms with Gasteiger partial charge in [0.05, 0.1) is 11.1 Å². The van der Waals surface area contributed by atoms with E-state index in [1.54, 1.807) is 6.07 Å². The molecule has 3 nitrogen and oxygen atoms in total. The summed E-state index contributed by atoms with van der Waals surface area (Å²) in [6.45, 7) is 0. The van der Waals surface area contributed by atoms with Gasteiger partial charge in [0.25, 0.3) is 0 Å². The number of nitrogens with one attached hydrogen (secondary N) is 1. The molecule has 2 unspecified atom stereocenters. The zero-order valence-corrected chi connectivity index (χ0v) is 14.5. The van der Waals surface area contributed by atoms with E-state index in [2.05, 4.69) is 11.4 Å². The van der Waals surface area contributed by atoms with Crippen LogP contribution in [0.15, 0.2) is 24.3 Å². The Labute approximate surface area is 152 Å². The molecule has 26 heavy (non-hydrogen) atoms. The Morgan fingerprint density at radius 1 is 1.27 bits per heavy atom. The third-order valence-corrected chi connectivity index (χ3v) is 6.27. The minimum atomic E-state index is -4.43. The maximum absolute atomic E-state index is 13.2. The molecular weight excluding hydrogens is 361 g/mol. The summed E-state index contributed by atoms with van der Waals surface area (Å²) in [6, 6.07) is 7.58. The second kappa shape index (κ2) is 6.13.